The molecule has 1 N–H and O–H groups in total. The summed E-state index contributed by atoms with van der Waals surface area (Å²) in [7, 11) is 1.27. The van der Waals surface area contributed by atoms with Crippen LogP contribution in [0, 0.1) is 11.6 Å². The summed E-state index contributed by atoms with van der Waals surface area (Å²) in [4.78, 5) is 23.7. The first-order valence-corrected chi connectivity index (χ1v) is 5.33. The van der Waals surface area contributed by atoms with E-state index < -0.39 is 29.6 Å². The summed E-state index contributed by atoms with van der Waals surface area (Å²) >= 11 is 0. The van der Waals surface area contributed by atoms with Gasteiger partial charge in [0.25, 0.3) is 5.91 Å². The van der Waals surface area contributed by atoms with Gasteiger partial charge in [0, 0.05) is 13.1 Å². The summed E-state index contributed by atoms with van der Waals surface area (Å²) in [5.41, 5.74) is -0.349. The second-order valence-electron chi connectivity index (χ2n) is 3.80. The van der Waals surface area contributed by atoms with E-state index in [2.05, 4.69) is 0 Å². The van der Waals surface area contributed by atoms with Gasteiger partial charge in [0.1, 0.15) is 17.7 Å². The lowest BCUT2D eigenvalue weighted by atomic mass is 10.1. The Hall–Kier alpha value is -1.98. The Bertz CT molecular complexity index is 476. The third-order valence-electron chi connectivity index (χ3n) is 2.62. The van der Waals surface area contributed by atoms with Crippen LogP contribution in [-0.4, -0.2) is 35.0 Å². The Morgan fingerprint density at radius 2 is 2.00 bits per heavy atom. The zero-order valence-corrected chi connectivity index (χ0v) is 9.98. The number of halogens is 2. The van der Waals surface area contributed by atoms with Crippen LogP contribution in [0.25, 0.3) is 0 Å². The molecular formula is C12H13F2NO3. The number of nitrogens with zero attached hydrogens (tertiary/aromatic N) is 1. The maximum atomic E-state index is 13.4. The van der Waals surface area contributed by atoms with Crippen molar-refractivity contribution in [2.75, 3.05) is 7.05 Å². The topological polar surface area (TPSA) is 57.6 Å². The third-order valence-corrected chi connectivity index (χ3v) is 2.62. The Labute approximate surface area is 103 Å². The molecule has 98 valence electrons. The smallest absolute Gasteiger partial charge is 0.326 e. The van der Waals surface area contributed by atoms with E-state index in [0.717, 1.165) is 17.0 Å². The number of rotatable bonds is 4. The second kappa shape index (κ2) is 5.57. The van der Waals surface area contributed by atoms with Gasteiger partial charge in [-0.25, -0.2) is 13.6 Å². The number of carbonyl (C=O) groups excluding carboxylic acids is 1. The summed E-state index contributed by atoms with van der Waals surface area (Å²) in [6, 6.07) is 1.49. The predicted octanol–water partition coefficient (Wildman–Crippen LogP) is 1.90. The van der Waals surface area contributed by atoms with Crippen molar-refractivity contribution < 1.29 is 23.5 Å². The maximum Gasteiger partial charge on any atom is 0.326 e. The lowest BCUT2D eigenvalue weighted by Crippen LogP contribution is -2.42. The van der Waals surface area contributed by atoms with Crippen LogP contribution in [-0.2, 0) is 4.79 Å². The molecule has 18 heavy (non-hydrogen) atoms. The molecule has 1 aromatic rings. The molecule has 0 aromatic heterocycles. The molecule has 6 heteroatoms. The molecule has 0 aliphatic carbocycles. The van der Waals surface area contributed by atoms with Crippen molar-refractivity contribution in [1.29, 1.82) is 0 Å². The lowest BCUT2D eigenvalue weighted by molar-refractivity contribution is -0.142. The number of carboxylic acids is 1. The Morgan fingerprint density at radius 3 is 2.44 bits per heavy atom. The van der Waals surface area contributed by atoms with Gasteiger partial charge in [0.15, 0.2) is 0 Å². The largest absolute Gasteiger partial charge is 0.480 e. The number of aliphatic carboxylic acids is 1. The van der Waals surface area contributed by atoms with Gasteiger partial charge >= 0.3 is 5.97 Å². The molecule has 0 saturated heterocycles. The monoisotopic (exact) mass is 257 g/mol. The minimum absolute atomic E-state index is 0.195. The third kappa shape index (κ3) is 2.82. The SMILES string of the molecule is CCC(C(=O)O)N(C)C(=O)c1ccc(F)cc1F. The van der Waals surface area contributed by atoms with Crippen molar-refractivity contribution in [3.63, 3.8) is 0 Å². The van der Waals surface area contributed by atoms with Crippen LogP contribution in [0.1, 0.15) is 23.7 Å². The van der Waals surface area contributed by atoms with Crippen LogP contribution in [0.2, 0.25) is 0 Å². The number of hydrogen-bond acceptors (Lipinski definition) is 2. The summed E-state index contributed by atoms with van der Waals surface area (Å²) in [6.07, 6.45) is 0.195. The minimum atomic E-state index is -1.17. The van der Waals surface area contributed by atoms with E-state index in [4.69, 9.17) is 5.11 Å². The summed E-state index contributed by atoms with van der Waals surface area (Å²) < 4.78 is 26.1. The molecule has 1 aromatic carbocycles. The van der Waals surface area contributed by atoms with Crippen LogP contribution in [0.4, 0.5) is 8.78 Å². The van der Waals surface area contributed by atoms with Gasteiger partial charge in [-0.2, -0.15) is 0 Å². The Morgan fingerprint density at radius 1 is 1.39 bits per heavy atom. The molecule has 0 heterocycles. The number of benzene rings is 1. The molecule has 1 rings (SSSR count). The number of amides is 1. The lowest BCUT2D eigenvalue weighted by Gasteiger charge is -2.23. The Kier molecular flexibility index (Phi) is 4.36. The van der Waals surface area contributed by atoms with E-state index in [-0.39, 0.29) is 12.0 Å². The van der Waals surface area contributed by atoms with E-state index in [0.29, 0.717) is 6.07 Å². The molecule has 4 nitrogen and oxygen atoms in total. The molecule has 0 saturated carbocycles. The first kappa shape index (κ1) is 14.1. The zero-order chi connectivity index (χ0) is 13.9. The minimum Gasteiger partial charge on any atom is -0.480 e. The average Bonchev–Trinajstić information content (AvgIpc) is 2.28. The van der Waals surface area contributed by atoms with Crippen molar-refractivity contribution in [1.82, 2.24) is 4.90 Å². The average molecular weight is 257 g/mol. The van der Waals surface area contributed by atoms with E-state index in [1.54, 1.807) is 6.92 Å². The van der Waals surface area contributed by atoms with E-state index >= 15 is 0 Å². The summed E-state index contributed by atoms with van der Waals surface area (Å²) in [5.74, 6) is -3.76. The quantitative estimate of drug-likeness (QED) is 0.896. The highest BCUT2D eigenvalue weighted by Gasteiger charge is 2.27. The molecule has 0 spiro atoms. The van der Waals surface area contributed by atoms with Gasteiger partial charge in [-0.1, -0.05) is 6.92 Å². The molecule has 1 unspecified atom stereocenters. The number of hydrogen-bond donors (Lipinski definition) is 1. The normalized spacial score (nSPS) is 12.0. The van der Waals surface area contributed by atoms with Gasteiger partial charge in [-0.05, 0) is 18.6 Å². The van der Waals surface area contributed by atoms with Crippen molar-refractivity contribution in [2.24, 2.45) is 0 Å². The first-order valence-electron chi connectivity index (χ1n) is 5.33. The van der Waals surface area contributed by atoms with E-state index in [1.807, 2.05) is 0 Å². The number of likely N-dealkylation sites (N-methyl/N-ethyl adjacent to an activating group) is 1. The highest BCUT2D eigenvalue weighted by Crippen LogP contribution is 2.14. The molecular weight excluding hydrogens is 244 g/mol. The van der Waals surface area contributed by atoms with Crippen molar-refractivity contribution in [3.05, 3.63) is 35.4 Å². The van der Waals surface area contributed by atoms with E-state index in [1.165, 1.54) is 7.05 Å². The zero-order valence-electron chi connectivity index (χ0n) is 9.98. The molecule has 0 radical (unpaired) electrons. The van der Waals surface area contributed by atoms with Gasteiger partial charge < -0.3 is 10.0 Å². The van der Waals surface area contributed by atoms with E-state index in [9.17, 15) is 18.4 Å². The number of carboxylic acid groups (broad SMARTS) is 1. The summed E-state index contributed by atoms with van der Waals surface area (Å²) in [5, 5.41) is 8.91. The maximum absolute atomic E-state index is 13.4. The van der Waals surface area contributed by atoms with Crippen molar-refractivity contribution >= 4 is 11.9 Å². The molecule has 0 aliphatic heterocycles. The van der Waals surface area contributed by atoms with Crippen LogP contribution >= 0.6 is 0 Å². The Balaban J connectivity index is 3.02. The molecule has 0 bridgehead atoms. The van der Waals surface area contributed by atoms with Crippen LogP contribution in [0.5, 0.6) is 0 Å². The fourth-order valence-corrected chi connectivity index (χ4v) is 1.61. The highest BCUT2D eigenvalue weighted by atomic mass is 19.1. The van der Waals surface area contributed by atoms with Gasteiger partial charge in [0.2, 0.25) is 0 Å². The molecule has 0 fully saturated rings. The van der Waals surface area contributed by atoms with Crippen LogP contribution < -0.4 is 0 Å². The standard InChI is InChI=1S/C12H13F2NO3/c1-3-10(12(17)18)15(2)11(16)8-5-4-7(13)6-9(8)14/h4-6,10H,3H2,1-2H3,(H,17,18). The summed E-state index contributed by atoms with van der Waals surface area (Å²) in [6.45, 7) is 1.60. The van der Waals surface area contributed by atoms with Crippen molar-refractivity contribution in [3.8, 4) is 0 Å². The van der Waals surface area contributed by atoms with Gasteiger partial charge in [0.05, 0.1) is 5.56 Å². The molecule has 0 aliphatic rings. The van der Waals surface area contributed by atoms with Gasteiger partial charge in [-0.15, -0.1) is 0 Å². The first-order chi connectivity index (χ1) is 8.38. The highest BCUT2D eigenvalue weighted by molar-refractivity contribution is 5.96. The second-order valence-corrected chi connectivity index (χ2v) is 3.80. The van der Waals surface area contributed by atoms with Crippen molar-refractivity contribution in [2.45, 2.75) is 19.4 Å². The van der Waals surface area contributed by atoms with Crippen LogP contribution in [0.3, 0.4) is 0 Å². The number of carbonyl (C=O) groups is 2. The molecule has 1 atom stereocenters. The predicted molar refractivity (Wildman–Crippen MR) is 60.2 cm³/mol. The van der Waals surface area contributed by atoms with Crippen LogP contribution in [0.15, 0.2) is 18.2 Å². The fraction of sp³-hybridized carbons (Fsp3) is 0.333. The fourth-order valence-electron chi connectivity index (χ4n) is 1.61. The molecule has 1 amide bonds. The van der Waals surface area contributed by atoms with Gasteiger partial charge in [-0.3, -0.25) is 4.79 Å².